The highest BCUT2D eigenvalue weighted by Gasteiger charge is 2.13. The molecule has 0 fully saturated rings. The fourth-order valence-electron chi connectivity index (χ4n) is 2.67. The van der Waals surface area contributed by atoms with Crippen molar-refractivity contribution in [3.8, 4) is 17.2 Å². The highest BCUT2D eigenvalue weighted by molar-refractivity contribution is 5.91. The Morgan fingerprint density at radius 1 is 0.962 bits per heavy atom. The number of carbonyl (C=O) groups is 1. The molecule has 2 aromatic carbocycles. The molecule has 6 heteroatoms. The fraction of sp³-hybridized carbons (Fsp3) is 0.350. The Hall–Kier alpha value is -2.89. The molecule has 0 heterocycles. The highest BCUT2D eigenvalue weighted by atomic mass is 16.5. The van der Waals surface area contributed by atoms with Crippen LogP contribution in [-0.2, 0) is 4.79 Å². The predicted octanol–water partition coefficient (Wildman–Crippen LogP) is 3.77. The summed E-state index contributed by atoms with van der Waals surface area (Å²) in [7, 11) is 4.70. The first kappa shape index (κ1) is 19.4. The van der Waals surface area contributed by atoms with Crippen LogP contribution in [0.2, 0.25) is 0 Å². The topological polar surface area (TPSA) is 68.8 Å². The normalized spacial score (nSPS) is 10.2. The van der Waals surface area contributed by atoms with Crippen LogP contribution in [0.5, 0.6) is 17.2 Å². The van der Waals surface area contributed by atoms with E-state index in [2.05, 4.69) is 10.6 Å². The Morgan fingerprint density at radius 3 is 2.15 bits per heavy atom. The zero-order valence-corrected chi connectivity index (χ0v) is 15.9. The van der Waals surface area contributed by atoms with Gasteiger partial charge in [0.05, 0.1) is 21.3 Å². The van der Waals surface area contributed by atoms with Crippen molar-refractivity contribution in [1.82, 2.24) is 0 Å². The van der Waals surface area contributed by atoms with Crippen molar-refractivity contribution in [1.29, 1.82) is 0 Å². The number of amides is 1. The number of hydrogen-bond donors (Lipinski definition) is 2. The Kier molecular flexibility index (Phi) is 6.72. The number of benzene rings is 2. The monoisotopic (exact) mass is 358 g/mol. The number of methoxy groups -OCH3 is 3. The zero-order chi connectivity index (χ0) is 19.1. The van der Waals surface area contributed by atoms with Gasteiger partial charge in [0, 0.05) is 36.5 Å². The molecule has 0 bridgehead atoms. The summed E-state index contributed by atoms with van der Waals surface area (Å²) in [4.78, 5) is 12.2. The van der Waals surface area contributed by atoms with Gasteiger partial charge in [-0.2, -0.15) is 0 Å². The standard InChI is InChI=1S/C20H26N2O4/c1-13-6-7-16(14(2)10-13)22-19(23)8-9-21-15-11-17(24-3)20(26-5)18(12-15)25-4/h6-7,10-12,21H,8-9H2,1-5H3,(H,22,23). The first-order valence-corrected chi connectivity index (χ1v) is 8.39. The number of nitrogens with one attached hydrogen (secondary N) is 2. The quantitative estimate of drug-likeness (QED) is 0.752. The van der Waals surface area contributed by atoms with Gasteiger partial charge in [-0.15, -0.1) is 0 Å². The van der Waals surface area contributed by atoms with Crippen LogP contribution in [0, 0.1) is 13.8 Å². The van der Waals surface area contributed by atoms with Crippen LogP contribution in [0.1, 0.15) is 17.5 Å². The third-order valence-electron chi connectivity index (χ3n) is 4.00. The molecule has 0 saturated heterocycles. The first-order valence-electron chi connectivity index (χ1n) is 8.39. The van der Waals surface area contributed by atoms with Crippen molar-refractivity contribution in [3.63, 3.8) is 0 Å². The number of aryl methyl sites for hydroxylation is 2. The Bertz CT molecular complexity index is 749. The average Bonchev–Trinajstić information content (AvgIpc) is 2.63. The molecule has 0 atom stereocenters. The molecular formula is C20H26N2O4. The summed E-state index contributed by atoms with van der Waals surface area (Å²) in [5, 5.41) is 6.15. The molecule has 6 nitrogen and oxygen atoms in total. The summed E-state index contributed by atoms with van der Waals surface area (Å²) in [6, 6.07) is 9.57. The Labute approximate surface area is 154 Å². The predicted molar refractivity (Wildman–Crippen MR) is 104 cm³/mol. The van der Waals surface area contributed by atoms with Crippen molar-refractivity contribution >= 4 is 17.3 Å². The van der Waals surface area contributed by atoms with Gasteiger partial charge in [-0.05, 0) is 25.5 Å². The second-order valence-electron chi connectivity index (χ2n) is 5.96. The van der Waals surface area contributed by atoms with Gasteiger partial charge in [0.15, 0.2) is 11.5 Å². The van der Waals surface area contributed by atoms with Crippen molar-refractivity contribution in [3.05, 3.63) is 41.5 Å². The summed E-state index contributed by atoms with van der Waals surface area (Å²) >= 11 is 0. The van der Waals surface area contributed by atoms with Gasteiger partial charge in [0.1, 0.15) is 0 Å². The molecule has 26 heavy (non-hydrogen) atoms. The summed E-state index contributed by atoms with van der Waals surface area (Å²) in [6.45, 7) is 4.49. The van der Waals surface area contributed by atoms with Crippen molar-refractivity contribution in [2.45, 2.75) is 20.3 Å². The lowest BCUT2D eigenvalue weighted by Crippen LogP contribution is -2.17. The number of rotatable bonds is 8. The van der Waals surface area contributed by atoms with Crippen molar-refractivity contribution in [2.75, 3.05) is 38.5 Å². The van der Waals surface area contributed by atoms with Gasteiger partial charge >= 0.3 is 0 Å². The number of ether oxygens (including phenoxy) is 3. The second-order valence-corrected chi connectivity index (χ2v) is 5.96. The SMILES string of the molecule is COc1cc(NCCC(=O)Nc2ccc(C)cc2C)cc(OC)c1OC. The van der Waals surface area contributed by atoms with E-state index in [1.165, 1.54) is 5.56 Å². The maximum Gasteiger partial charge on any atom is 0.226 e. The number of anilines is 2. The number of hydrogen-bond acceptors (Lipinski definition) is 5. The molecule has 0 saturated carbocycles. The summed E-state index contributed by atoms with van der Waals surface area (Å²) < 4.78 is 15.9. The van der Waals surface area contributed by atoms with E-state index in [4.69, 9.17) is 14.2 Å². The van der Waals surface area contributed by atoms with E-state index in [-0.39, 0.29) is 5.91 Å². The lowest BCUT2D eigenvalue weighted by atomic mass is 10.1. The molecule has 2 aromatic rings. The molecular weight excluding hydrogens is 332 g/mol. The molecule has 140 valence electrons. The van der Waals surface area contributed by atoms with Crippen molar-refractivity contribution in [2.24, 2.45) is 0 Å². The zero-order valence-electron chi connectivity index (χ0n) is 15.9. The summed E-state index contributed by atoms with van der Waals surface area (Å²) in [6.07, 6.45) is 0.337. The molecule has 0 spiro atoms. The van der Waals surface area contributed by atoms with Gasteiger partial charge in [-0.1, -0.05) is 17.7 Å². The smallest absolute Gasteiger partial charge is 0.226 e. The maximum atomic E-state index is 12.2. The third-order valence-corrected chi connectivity index (χ3v) is 4.00. The van der Waals surface area contributed by atoms with E-state index in [0.29, 0.717) is 30.2 Å². The molecule has 0 aliphatic carbocycles. The second kappa shape index (κ2) is 8.99. The van der Waals surface area contributed by atoms with Gasteiger partial charge < -0.3 is 24.8 Å². The molecule has 1 amide bonds. The fourth-order valence-corrected chi connectivity index (χ4v) is 2.67. The first-order chi connectivity index (χ1) is 12.5. The lowest BCUT2D eigenvalue weighted by Gasteiger charge is -2.15. The Balaban J connectivity index is 1.95. The average molecular weight is 358 g/mol. The largest absolute Gasteiger partial charge is 0.493 e. The van der Waals surface area contributed by atoms with Gasteiger partial charge in [-0.3, -0.25) is 4.79 Å². The van der Waals surface area contributed by atoms with Crippen LogP contribution in [-0.4, -0.2) is 33.8 Å². The highest BCUT2D eigenvalue weighted by Crippen LogP contribution is 2.39. The van der Waals surface area contributed by atoms with E-state index in [1.54, 1.807) is 21.3 Å². The summed E-state index contributed by atoms with van der Waals surface area (Å²) in [5.41, 5.74) is 3.85. The maximum absolute atomic E-state index is 12.2. The van der Waals surface area contributed by atoms with E-state index in [9.17, 15) is 4.79 Å². The Morgan fingerprint density at radius 2 is 1.62 bits per heavy atom. The van der Waals surface area contributed by atoms with Crippen LogP contribution in [0.4, 0.5) is 11.4 Å². The molecule has 2 rings (SSSR count). The summed E-state index contributed by atoms with van der Waals surface area (Å²) in [5.74, 6) is 1.62. The molecule has 0 aromatic heterocycles. The lowest BCUT2D eigenvalue weighted by molar-refractivity contribution is -0.115. The van der Waals surface area contributed by atoms with Crippen LogP contribution < -0.4 is 24.8 Å². The van der Waals surface area contributed by atoms with E-state index >= 15 is 0 Å². The van der Waals surface area contributed by atoms with E-state index < -0.39 is 0 Å². The van der Waals surface area contributed by atoms with Crippen LogP contribution in [0.15, 0.2) is 30.3 Å². The van der Waals surface area contributed by atoms with E-state index in [0.717, 1.165) is 16.9 Å². The molecule has 2 N–H and O–H groups in total. The minimum Gasteiger partial charge on any atom is -0.493 e. The molecule has 0 aliphatic rings. The van der Waals surface area contributed by atoms with E-state index in [1.807, 2.05) is 44.2 Å². The van der Waals surface area contributed by atoms with Gasteiger partial charge in [-0.25, -0.2) is 0 Å². The van der Waals surface area contributed by atoms with Crippen LogP contribution in [0.25, 0.3) is 0 Å². The van der Waals surface area contributed by atoms with Crippen LogP contribution in [0.3, 0.4) is 0 Å². The molecule has 0 aliphatic heterocycles. The van der Waals surface area contributed by atoms with Crippen LogP contribution >= 0.6 is 0 Å². The van der Waals surface area contributed by atoms with Crippen molar-refractivity contribution < 1.29 is 19.0 Å². The molecule has 0 unspecified atom stereocenters. The van der Waals surface area contributed by atoms with Gasteiger partial charge in [0.25, 0.3) is 0 Å². The minimum atomic E-state index is -0.0445. The number of carbonyl (C=O) groups excluding carboxylic acids is 1. The van der Waals surface area contributed by atoms with Gasteiger partial charge in [0.2, 0.25) is 11.7 Å². The molecule has 0 radical (unpaired) electrons. The minimum absolute atomic E-state index is 0.0445. The third kappa shape index (κ3) is 4.81.